The molecule has 3 nitrogen and oxygen atoms in total. The standard InChI is InChI=1S/C10H18BrNO2/c1-8(2)9-7-12(10(13)6-11)4-3-5-14-9/h8-9H,3-7H2,1-2H3. The molecule has 0 aromatic carbocycles. The number of hydrogen-bond donors (Lipinski definition) is 0. The lowest BCUT2D eigenvalue weighted by Gasteiger charge is -2.25. The van der Waals surface area contributed by atoms with E-state index in [1.807, 2.05) is 4.90 Å². The number of rotatable bonds is 2. The number of ether oxygens (including phenoxy) is 1. The largest absolute Gasteiger partial charge is 0.376 e. The Hall–Kier alpha value is -0.0900. The summed E-state index contributed by atoms with van der Waals surface area (Å²) in [6.07, 6.45) is 1.14. The van der Waals surface area contributed by atoms with Crippen molar-refractivity contribution in [2.45, 2.75) is 26.4 Å². The molecule has 0 aromatic rings. The minimum atomic E-state index is 0.168. The maximum atomic E-state index is 11.5. The summed E-state index contributed by atoms with van der Waals surface area (Å²) in [6.45, 7) is 6.60. The van der Waals surface area contributed by atoms with E-state index in [1.54, 1.807) is 0 Å². The Morgan fingerprint density at radius 3 is 2.93 bits per heavy atom. The maximum Gasteiger partial charge on any atom is 0.233 e. The summed E-state index contributed by atoms with van der Waals surface area (Å²) in [5.41, 5.74) is 0. The Bertz CT molecular complexity index is 197. The highest BCUT2D eigenvalue weighted by Gasteiger charge is 2.23. The van der Waals surface area contributed by atoms with Gasteiger partial charge in [0.25, 0.3) is 0 Å². The summed E-state index contributed by atoms with van der Waals surface area (Å²) < 4.78 is 5.68. The number of carbonyl (C=O) groups excluding carboxylic acids is 1. The Morgan fingerprint density at radius 2 is 2.36 bits per heavy atom. The average Bonchev–Trinajstić information content (AvgIpc) is 2.41. The molecule has 0 aromatic heterocycles. The Morgan fingerprint density at radius 1 is 1.64 bits per heavy atom. The molecule has 1 atom stereocenters. The molecule has 0 spiro atoms. The first kappa shape index (κ1) is 12.0. The van der Waals surface area contributed by atoms with Crippen molar-refractivity contribution in [3.8, 4) is 0 Å². The van der Waals surface area contributed by atoms with Crippen molar-refractivity contribution in [3.05, 3.63) is 0 Å². The molecule has 1 aliphatic heterocycles. The molecule has 1 unspecified atom stereocenters. The molecule has 82 valence electrons. The van der Waals surface area contributed by atoms with Crippen LogP contribution < -0.4 is 0 Å². The summed E-state index contributed by atoms with van der Waals surface area (Å²) in [7, 11) is 0. The number of carbonyl (C=O) groups is 1. The van der Waals surface area contributed by atoms with E-state index >= 15 is 0 Å². The van der Waals surface area contributed by atoms with Crippen LogP contribution in [0.5, 0.6) is 0 Å². The summed E-state index contributed by atoms with van der Waals surface area (Å²) in [5.74, 6) is 0.639. The van der Waals surface area contributed by atoms with E-state index in [0.717, 1.165) is 26.1 Å². The van der Waals surface area contributed by atoms with Crippen LogP contribution in [0.4, 0.5) is 0 Å². The molecule has 1 amide bonds. The second kappa shape index (κ2) is 5.71. The molecule has 1 aliphatic rings. The summed E-state index contributed by atoms with van der Waals surface area (Å²) in [6, 6.07) is 0. The van der Waals surface area contributed by atoms with E-state index < -0.39 is 0 Å². The minimum absolute atomic E-state index is 0.168. The van der Waals surface area contributed by atoms with E-state index in [4.69, 9.17) is 4.74 Å². The van der Waals surface area contributed by atoms with E-state index in [1.165, 1.54) is 0 Å². The second-order valence-corrected chi connectivity index (χ2v) is 4.54. The predicted molar refractivity (Wildman–Crippen MR) is 59.6 cm³/mol. The number of alkyl halides is 1. The van der Waals surface area contributed by atoms with Crippen LogP contribution >= 0.6 is 15.9 Å². The zero-order valence-electron chi connectivity index (χ0n) is 8.83. The zero-order chi connectivity index (χ0) is 10.6. The Labute approximate surface area is 93.9 Å². The highest BCUT2D eigenvalue weighted by atomic mass is 79.9. The first-order valence-corrected chi connectivity index (χ1v) is 6.22. The van der Waals surface area contributed by atoms with Gasteiger partial charge in [-0.25, -0.2) is 0 Å². The average molecular weight is 264 g/mol. The Kier molecular flexibility index (Phi) is 4.89. The third-order valence-corrected chi connectivity index (χ3v) is 2.99. The third kappa shape index (κ3) is 3.24. The number of nitrogens with zero attached hydrogens (tertiary/aromatic N) is 1. The van der Waals surface area contributed by atoms with Gasteiger partial charge in [-0.15, -0.1) is 0 Å². The lowest BCUT2D eigenvalue weighted by atomic mass is 10.1. The quantitative estimate of drug-likeness (QED) is 0.710. The van der Waals surface area contributed by atoms with Crippen molar-refractivity contribution in [1.29, 1.82) is 0 Å². The number of hydrogen-bond acceptors (Lipinski definition) is 2. The van der Waals surface area contributed by atoms with Gasteiger partial charge in [0.2, 0.25) is 5.91 Å². The van der Waals surface area contributed by atoms with Crippen LogP contribution in [-0.2, 0) is 9.53 Å². The lowest BCUT2D eigenvalue weighted by molar-refractivity contribution is -0.129. The molecule has 0 bridgehead atoms. The van der Waals surface area contributed by atoms with Gasteiger partial charge in [-0.1, -0.05) is 29.8 Å². The van der Waals surface area contributed by atoms with Crippen molar-refractivity contribution >= 4 is 21.8 Å². The van der Waals surface area contributed by atoms with Crippen LogP contribution in [0.25, 0.3) is 0 Å². The monoisotopic (exact) mass is 263 g/mol. The minimum Gasteiger partial charge on any atom is -0.376 e. The van der Waals surface area contributed by atoms with Crippen LogP contribution in [0.3, 0.4) is 0 Å². The molecule has 1 saturated heterocycles. The summed E-state index contributed by atoms with van der Waals surface area (Å²) >= 11 is 3.20. The predicted octanol–water partition coefficient (Wildman–Crippen LogP) is 1.65. The van der Waals surface area contributed by atoms with Crippen LogP contribution in [0.15, 0.2) is 0 Å². The molecule has 1 heterocycles. The molecule has 4 heteroatoms. The summed E-state index contributed by atoms with van der Waals surface area (Å²) in [4.78, 5) is 13.4. The van der Waals surface area contributed by atoms with Gasteiger partial charge in [-0.3, -0.25) is 4.79 Å². The molecule has 1 rings (SSSR count). The highest BCUT2D eigenvalue weighted by Crippen LogP contribution is 2.13. The SMILES string of the molecule is CC(C)C1CN(C(=O)CBr)CCCO1. The fraction of sp³-hybridized carbons (Fsp3) is 0.900. The van der Waals surface area contributed by atoms with Gasteiger partial charge in [0.1, 0.15) is 0 Å². The molecule has 0 aliphatic carbocycles. The lowest BCUT2D eigenvalue weighted by Crippen LogP contribution is -2.39. The van der Waals surface area contributed by atoms with Crippen LogP contribution in [-0.4, -0.2) is 41.9 Å². The fourth-order valence-corrected chi connectivity index (χ4v) is 1.92. The molecular formula is C10H18BrNO2. The van der Waals surface area contributed by atoms with Crippen LogP contribution in [0.2, 0.25) is 0 Å². The van der Waals surface area contributed by atoms with Gasteiger partial charge in [-0.2, -0.15) is 0 Å². The van der Waals surface area contributed by atoms with Gasteiger partial charge in [0.05, 0.1) is 11.4 Å². The van der Waals surface area contributed by atoms with E-state index in [0.29, 0.717) is 11.2 Å². The molecule has 0 radical (unpaired) electrons. The molecule has 0 N–H and O–H groups in total. The summed E-state index contributed by atoms with van der Waals surface area (Å²) in [5, 5.41) is 0.414. The number of halogens is 1. The van der Waals surface area contributed by atoms with Gasteiger partial charge in [0.15, 0.2) is 0 Å². The molecular weight excluding hydrogens is 246 g/mol. The van der Waals surface area contributed by atoms with Crippen molar-refractivity contribution in [3.63, 3.8) is 0 Å². The van der Waals surface area contributed by atoms with Crippen LogP contribution in [0.1, 0.15) is 20.3 Å². The molecule has 0 saturated carbocycles. The third-order valence-electron chi connectivity index (χ3n) is 2.52. The zero-order valence-corrected chi connectivity index (χ0v) is 10.4. The first-order valence-electron chi connectivity index (χ1n) is 5.10. The van der Waals surface area contributed by atoms with Gasteiger partial charge >= 0.3 is 0 Å². The highest BCUT2D eigenvalue weighted by molar-refractivity contribution is 9.09. The van der Waals surface area contributed by atoms with E-state index in [-0.39, 0.29) is 12.0 Å². The molecule has 1 fully saturated rings. The fourth-order valence-electron chi connectivity index (χ4n) is 1.57. The van der Waals surface area contributed by atoms with Crippen LogP contribution in [0, 0.1) is 5.92 Å². The molecule has 14 heavy (non-hydrogen) atoms. The van der Waals surface area contributed by atoms with Gasteiger partial charge < -0.3 is 9.64 Å². The maximum absolute atomic E-state index is 11.5. The smallest absolute Gasteiger partial charge is 0.233 e. The van der Waals surface area contributed by atoms with Crippen molar-refractivity contribution < 1.29 is 9.53 Å². The van der Waals surface area contributed by atoms with Gasteiger partial charge in [0, 0.05) is 19.7 Å². The first-order chi connectivity index (χ1) is 6.65. The number of amides is 1. The van der Waals surface area contributed by atoms with Gasteiger partial charge in [-0.05, 0) is 12.3 Å². The van der Waals surface area contributed by atoms with Crippen molar-refractivity contribution in [1.82, 2.24) is 4.90 Å². The van der Waals surface area contributed by atoms with E-state index in [9.17, 15) is 4.79 Å². The second-order valence-electron chi connectivity index (χ2n) is 3.98. The normalized spacial score (nSPS) is 23.7. The Balaban J connectivity index is 2.55. The topological polar surface area (TPSA) is 29.5 Å². The van der Waals surface area contributed by atoms with Crippen molar-refractivity contribution in [2.75, 3.05) is 25.0 Å². The van der Waals surface area contributed by atoms with E-state index in [2.05, 4.69) is 29.8 Å². The van der Waals surface area contributed by atoms with Crippen molar-refractivity contribution in [2.24, 2.45) is 5.92 Å².